The molecule has 0 bridgehead atoms. The minimum Gasteiger partial charge on any atom is -0.347 e. The molecule has 1 aromatic heterocycles. The molecule has 0 radical (unpaired) electrons. The van der Waals surface area contributed by atoms with Crippen LogP contribution in [-0.2, 0) is 0 Å². The number of nitrogens with zero attached hydrogens (tertiary/aromatic N) is 2. The van der Waals surface area contributed by atoms with Crippen LogP contribution in [0.1, 0.15) is 51.1 Å². The summed E-state index contributed by atoms with van der Waals surface area (Å²) >= 11 is 3.44. The minimum atomic E-state index is -0.0101. The van der Waals surface area contributed by atoms with Gasteiger partial charge in [0.2, 0.25) is 0 Å². The first kappa shape index (κ1) is 17.2. The summed E-state index contributed by atoms with van der Waals surface area (Å²) in [4.78, 5) is 14.7. The number of halogens is 1. The highest BCUT2D eigenvalue weighted by molar-refractivity contribution is 9.10. The van der Waals surface area contributed by atoms with E-state index in [0.717, 1.165) is 24.1 Å². The summed E-state index contributed by atoms with van der Waals surface area (Å²) in [7, 11) is 0. The third kappa shape index (κ3) is 4.63. The Morgan fingerprint density at radius 1 is 1.35 bits per heavy atom. The fourth-order valence-corrected chi connectivity index (χ4v) is 2.70. The standard InChI is InChI=1S/C15H26BrN3O/c1-6-18(7-2)9-12(5)17-15(20)14-8-13(16)10-19(14)11(3)4/h8,10-12H,6-7,9H2,1-5H3,(H,17,20). The zero-order valence-corrected chi connectivity index (χ0v) is 14.7. The molecular formula is C15H26BrN3O. The molecule has 1 rings (SSSR count). The SMILES string of the molecule is CCN(CC)CC(C)NC(=O)c1cc(Br)cn1C(C)C. The molecule has 20 heavy (non-hydrogen) atoms. The molecule has 0 aliphatic heterocycles. The zero-order chi connectivity index (χ0) is 15.3. The first-order valence-electron chi connectivity index (χ1n) is 7.29. The van der Waals surface area contributed by atoms with Crippen molar-refractivity contribution in [2.45, 2.75) is 46.7 Å². The van der Waals surface area contributed by atoms with Gasteiger partial charge in [0.1, 0.15) is 5.69 Å². The molecule has 0 aliphatic rings. The largest absolute Gasteiger partial charge is 0.347 e. The molecule has 0 saturated carbocycles. The number of carbonyl (C=O) groups excluding carboxylic acids is 1. The quantitative estimate of drug-likeness (QED) is 0.824. The lowest BCUT2D eigenvalue weighted by Gasteiger charge is -2.23. The van der Waals surface area contributed by atoms with Gasteiger partial charge in [-0.15, -0.1) is 0 Å². The highest BCUT2D eigenvalue weighted by Gasteiger charge is 2.17. The van der Waals surface area contributed by atoms with E-state index in [2.05, 4.69) is 53.8 Å². The van der Waals surface area contributed by atoms with Crippen molar-refractivity contribution >= 4 is 21.8 Å². The molecule has 5 heteroatoms. The van der Waals surface area contributed by atoms with Crippen LogP contribution in [0.15, 0.2) is 16.7 Å². The molecule has 1 N–H and O–H groups in total. The second kappa shape index (κ2) is 7.84. The number of amides is 1. The van der Waals surface area contributed by atoms with Crippen molar-refractivity contribution in [1.82, 2.24) is 14.8 Å². The van der Waals surface area contributed by atoms with Crippen molar-refractivity contribution in [2.24, 2.45) is 0 Å². The predicted octanol–water partition coefficient (Wildman–Crippen LogP) is 3.29. The highest BCUT2D eigenvalue weighted by atomic mass is 79.9. The van der Waals surface area contributed by atoms with Gasteiger partial charge >= 0.3 is 0 Å². The maximum atomic E-state index is 12.4. The molecule has 1 atom stereocenters. The minimum absolute atomic E-state index is 0.0101. The molecule has 114 valence electrons. The smallest absolute Gasteiger partial charge is 0.268 e. The van der Waals surface area contributed by atoms with Crippen LogP contribution >= 0.6 is 15.9 Å². The Balaban J connectivity index is 2.71. The van der Waals surface area contributed by atoms with E-state index >= 15 is 0 Å². The van der Waals surface area contributed by atoms with E-state index in [4.69, 9.17) is 0 Å². The molecule has 0 aliphatic carbocycles. The second-order valence-corrected chi connectivity index (χ2v) is 6.32. The predicted molar refractivity (Wildman–Crippen MR) is 87.2 cm³/mol. The van der Waals surface area contributed by atoms with E-state index in [1.54, 1.807) is 0 Å². The summed E-state index contributed by atoms with van der Waals surface area (Å²) in [6.07, 6.45) is 1.95. The Kier molecular flexibility index (Phi) is 6.76. The van der Waals surface area contributed by atoms with Gasteiger partial charge in [-0.3, -0.25) is 4.79 Å². The summed E-state index contributed by atoms with van der Waals surface area (Å²) in [5.74, 6) is -0.0101. The summed E-state index contributed by atoms with van der Waals surface area (Å²) in [5, 5.41) is 3.08. The molecule has 4 nitrogen and oxygen atoms in total. The number of rotatable bonds is 7. The first-order chi connectivity index (χ1) is 9.38. The van der Waals surface area contributed by atoms with Gasteiger partial charge in [0.25, 0.3) is 5.91 Å². The van der Waals surface area contributed by atoms with Gasteiger partial charge in [0.15, 0.2) is 0 Å². The highest BCUT2D eigenvalue weighted by Crippen LogP contribution is 2.19. The van der Waals surface area contributed by atoms with Gasteiger partial charge < -0.3 is 14.8 Å². The van der Waals surface area contributed by atoms with Crippen molar-refractivity contribution in [2.75, 3.05) is 19.6 Å². The molecule has 0 spiro atoms. The van der Waals surface area contributed by atoms with E-state index < -0.39 is 0 Å². The van der Waals surface area contributed by atoms with Crippen LogP contribution in [0, 0.1) is 0 Å². The van der Waals surface area contributed by atoms with Crippen molar-refractivity contribution in [3.8, 4) is 0 Å². The monoisotopic (exact) mass is 343 g/mol. The maximum absolute atomic E-state index is 12.4. The Hall–Kier alpha value is -0.810. The fraction of sp³-hybridized carbons (Fsp3) is 0.667. The van der Waals surface area contributed by atoms with E-state index in [1.807, 2.05) is 23.8 Å². The van der Waals surface area contributed by atoms with Crippen molar-refractivity contribution in [3.63, 3.8) is 0 Å². The lowest BCUT2D eigenvalue weighted by atomic mass is 10.2. The van der Waals surface area contributed by atoms with Crippen LogP contribution in [0.25, 0.3) is 0 Å². The van der Waals surface area contributed by atoms with E-state index in [0.29, 0.717) is 5.69 Å². The fourth-order valence-electron chi connectivity index (χ4n) is 2.27. The maximum Gasteiger partial charge on any atom is 0.268 e. The van der Waals surface area contributed by atoms with Crippen LogP contribution in [0.5, 0.6) is 0 Å². The average molecular weight is 344 g/mol. The number of carbonyl (C=O) groups is 1. The van der Waals surface area contributed by atoms with Gasteiger partial charge in [-0.1, -0.05) is 13.8 Å². The third-order valence-electron chi connectivity index (χ3n) is 3.41. The van der Waals surface area contributed by atoms with Gasteiger partial charge in [-0.25, -0.2) is 0 Å². The van der Waals surface area contributed by atoms with E-state index in [9.17, 15) is 4.79 Å². The number of aromatic nitrogens is 1. The van der Waals surface area contributed by atoms with Crippen LogP contribution in [-0.4, -0.2) is 41.1 Å². The van der Waals surface area contributed by atoms with Gasteiger partial charge in [-0.05, 0) is 55.9 Å². The van der Waals surface area contributed by atoms with Crippen molar-refractivity contribution in [3.05, 3.63) is 22.4 Å². The number of hydrogen-bond acceptors (Lipinski definition) is 2. The van der Waals surface area contributed by atoms with E-state index in [1.165, 1.54) is 0 Å². The Bertz CT molecular complexity index is 438. The number of likely N-dealkylation sites (N-methyl/N-ethyl adjacent to an activating group) is 1. The van der Waals surface area contributed by atoms with Crippen molar-refractivity contribution in [1.29, 1.82) is 0 Å². The molecule has 0 saturated heterocycles. The first-order valence-corrected chi connectivity index (χ1v) is 8.08. The normalized spacial score (nSPS) is 13.0. The Labute approximate surface area is 130 Å². The Morgan fingerprint density at radius 3 is 2.45 bits per heavy atom. The lowest BCUT2D eigenvalue weighted by molar-refractivity contribution is 0.0919. The summed E-state index contributed by atoms with van der Waals surface area (Å²) < 4.78 is 2.93. The van der Waals surface area contributed by atoms with Gasteiger partial charge in [0.05, 0.1) is 0 Å². The van der Waals surface area contributed by atoms with Crippen LogP contribution in [0.3, 0.4) is 0 Å². The summed E-state index contributed by atoms with van der Waals surface area (Å²) in [5.41, 5.74) is 0.707. The molecule has 1 aromatic rings. The van der Waals surface area contributed by atoms with Crippen LogP contribution < -0.4 is 5.32 Å². The summed E-state index contributed by atoms with van der Waals surface area (Å²) in [6.45, 7) is 13.4. The topological polar surface area (TPSA) is 37.3 Å². The lowest BCUT2D eigenvalue weighted by Crippen LogP contribution is -2.42. The number of nitrogens with one attached hydrogen (secondary N) is 1. The van der Waals surface area contributed by atoms with Crippen LogP contribution in [0.4, 0.5) is 0 Å². The molecule has 0 aromatic carbocycles. The molecule has 0 fully saturated rings. The molecule has 1 amide bonds. The average Bonchev–Trinajstić information content (AvgIpc) is 2.78. The zero-order valence-electron chi connectivity index (χ0n) is 13.1. The van der Waals surface area contributed by atoms with Crippen LogP contribution in [0.2, 0.25) is 0 Å². The molecule has 1 unspecified atom stereocenters. The van der Waals surface area contributed by atoms with E-state index in [-0.39, 0.29) is 18.0 Å². The third-order valence-corrected chi connectivity index (χ3v) is 3.84. The van der Waals surface area contributed by atoms with Gasteiger partial charge in [0, 0.05) is 29.3 Å². The second-order valence-electron chi connectivity index (χ2n) is 5.40. The molecule has 1 heterocycles. The summed E-state index contributed by atoms with van der Waals surface area (Å²) in [6, 6.07) is 2.27. The van der Waals surface area contributed by atoms with Crippen molar-refractivity contribution < 1.29 is 4.79 Å². The Morgan fingerprint density at radius 2 is 1.95 bits per heavy atom. The molecular weight excluding hydrogens is 318 g/mol. The van der Waals surface area contributed by atoms with Gasteiger partial charge in [-0.2, -0.15) is 0 Å². The number of hydrogen-bond donors (Lipinski definition) is 1.